The summed E-state index contributed by atoms with van der Waals surface area (Å²) in [5, 5.41) is 6.80. The van der Waals surface area contributed by atoms with Crippen LogP contribution in [0.4, 0.5) is 11.5 Å². The SMILES string of the molecule is Cc1nc(Nc2ccc(Cl)c(Cl)c2)cc(C(=O)NC(C)C)n1. The van der Waals surface area contributed by atoms with Gasteiger partial charge < -0.3 is 10.6 Å². The van der Waals surface area contributed by atoms with Crippen molar-refractivity contribution in [2.75, 3.05) is 5.32 Å². The first-order chi connectivity index (χ1) is 10.3. The number of halogens is 2. The maximum atomic E-state index is 12.0. The minimum absolute atomic E-state index is 0.0363. The van der Waals surface area contributed by atoms with Crippen molar-refractivity contribution in [1.82, 2.24) is 15.3 Å². The Morgan fingerprint density at radius 2 is 1.86 bits per heavy atom. The number of aromatic nitrogens is 2. The molecule has 2 N–H and O–H groups in total. The Hall–Kier alpha value is -1.85. The number of amides is 1. The van der Waals surface area contributed by atoms with Crippen LogP contribution in [0.2, 0.25) is 10.0 Å². The summed E-state index contributed by atoms with van der Waals surface area (Å²) in [5.74, 6) is 0.774. The molecule has 0 spiro atoms. The lowest BCUT2D eigenvalue weighted by Crippen LogP contribution is -2.31. The lowest BCUT2D eigenvalue weighted by Gasteiger charge is -2.11. The molecular weight excluding hydrogens is 323 g/mol. The summed E-state index contributed by atoms with van der Waals surface area (Å²) in [6, 6.07) is 6.78. The summed E-state index contributed by atoms with van der Waals surface area (Å²) in [7, 11) is 0. The van der Waals surface area contributed by atoms with E-state index in [1.165, 1.54) is 0 Å². The molecule has 0 atom stereocenters. The molecule has 0 saturated heterocycles. The predicted octanol–water partition coefficient (Wildman–Crippen LogP) is 3.97. The molecule has 0 aliphatic rings. The second-order valence-corrected chi connectivity index (χ2v) is 5.88. The van der Waals surface area contributed by atoms with E-state index in [9.17, 15) is 4.79 Å². The van der Waals surface area contributed by atoms with Crippen LogP contribution in [0, 0.1) is 6.92 Å². The molecule has 2 aromatic rings. The van der Waals surface area contributed by atoms with Crippen LogP contribution in [0.25, 0.3) is 0 Å². The highest BCUT2D eigenvalue weighted by atomic mass is 35.5. The summed E-state index contributed by atoms with van der Waals surface area (Å²) >= 11 is 11.9. The first kappa shape index (κ1) is 16.5. The smallest absolute Gasteiger partial charge is 0.270 e. The van der Waals surface area contributed by atoms with Crippen LogP contribution in [0.1, 0.15) is 30.2 Å². The Bertz CT molecular complexity index is 704. The number of hydrogen-bond donors (Lipinski definition) is 2. The number of nitrogens with one attached hydrogen (secondary N) is 2. The zero-order chi connectivity index (χ0) is 16.3. The molecule has 2 rings (SSSR count). The Balaban J connectivity index is 2.26. The van der Waals surface area contributed by atoms with Gasteiger partial charge >= 0.3 is 0 Å². The topological polar surface area (TPSA) is 66.9 Å². The van der Waals surface area contributed by atoms with Gasteiger partial charge in [-0.05, 0) is 39.0 Å². The molecule has 0 radical (unpaired) electrons. The highest BCUT2D eigenvalue weighted by molar-refractivity contribution is 6.42. The molecule has 0 aliphatic heterocycles. The molecule has 1 amide bonds. The molecule has 0 bridgehead atoms. The van der Waals surface area contributed by atoms with E-state index in [4.69, 9.17) is 23.2 Å². The van der Waals surface area contributed by atoms with Gasteiger partial charge in [-0.25, -0.2) is 9.97 Å². The highest BCUT2D eigenvalue weighted by Gasteiger charge is 2.11. The number of carbonyl (C=O) groups is 1. The quantitative estimate of drug-likeness (QED) is 0.884. The van der Waals surface area contributed by atoms with Crippen molar-refractivity contribution >= 4 is 40.6 Å². The van der Waals surface area contributed by atoms with E-state index < -0.39 is 0 Å². The van der Waals surface area contributed by atoms with Crippen LogP contribution in [0.3, 0.4) is 0 Å². The fourth-order valence-corrected chi connectivity index (χ4v) is 2.10. The summed E-state index contributed by atoms with van der Waals surface area (Å²) < 4.78 is 0. The second kappa shape index (κ2) is 6.94. The molecule has 0 fully saturated rings. The summed E-state index contributed by atoms with van der Waals surface area (Å²) in [4.78, 5) is 20.5. The molecule has 1 aromatic carbocycles. The average Bonchev–Trinajstić information content (AvgIpc) is 2.41. The van der Waals surface area contributed by atoms with Gasteiger partial charge in [0.05, 0.1) is 10.0 Å². The van der Waals surface area contributed by atoms with Gasteiger partial charge in [-0.2, -0.15) is 0 Å². The maximum Gasteiger partial charge on any atom is 0.270 e. The van der Waals surface area contributed by atoms with Crippen molar-refractivity contribution in [1.29, 1.82) is 0 Å². The van der Waals surface area contributed by atoms with E-state index in [1.54, 1.807) is 31.2 Å². The zero-order valence-corrected chi connectivity index (χ0v) is 14.0. The summed E-state index contributed by atoms with van der Waals surface area (Å²) in [6.45, 7) is 5.51. The monoisotopic (exact) mass is 338 g/mol. The minimum Gasteiger partial charge on any atom is -0.349 e. The van der Waals surface area contributed by atoms with Gasteiger partial charge in [0, 0.05) is 17.8 Å². The van der Waals surface area contributed by atoms with Crippen molar-refractivity contribution in [3.63, 3.8) is 0 Å². The third-order valence-electron chi connectivity index (χ3n) is 2.68. The average molecular weight is 339 g/mol. The molecule has 0 aliphatic carbocycles. The van der Waals surface area contributed by atoms with Crippen molar-refractivity contribution in [3.05, 3.63) is 45.8 Å². The van der Waals surface area contributed by atoms with Crippen LogP contribution in [0.5, 0.6) is 0 Å². The van der Waals surface area contributed by atoms with Gasteiger partial charge in [0.15, 0.2) is 0 Å². The molecule has 7 heteroatoms. The van der Waals surface area contributed by atoms with Gasteiger partial charge in [-0.1, -0.05) is 23.2 Å². The number of anilines is 2. The molecule has 0 saturated carbocycles. The minimum atomic E-state index is -0.238. The van der Waals surface area contributed by atoms with E-state index >= 15 is 0 Å². The number of benzene rings is 1. The largest absolute Gasteiger partial charge is 0.349 e. The number of carbonyl (C=O) groups excluding carboxylic acids is 1. The standard InChI is InChI=1S/C15H16Cl2N4O/c1-8(2)18-15(22)13-7-14(20-9(3)19-13)21-10-4-5-11(16)12(17)6-10/h4-8H,1-3H3,(H,18,22)(H,19,20,21). The van der Waals surface area contributed by atoms with Crippen LogP contribution in [-0.2, 0) is 0 Å². The first-order valence-electron chi connectivity index (χ1n) is 6.74. The van der Waals surface area contributed by atoms with Crippen molar-refractivity contribution in [2.24, 2.45) is 0 Å². The Labute approximate surface area is 139 Å². The Morgan fingerprint density at radius 1 is 1.14 bits per heavy atom. The summed E-state index contributed by atoms with van der Waals surface area (Å²) in [5.41, 5.74) is 1.03. The van der Waals surface area contributed by atoms with E-state index in [1.807, 2.05) is 13.8 Å². The summed E-state index contributed by atoms with van der Waals surface area (Å²) in [6.07, 6.45) is 0. The lowest BCUT2D eigenvalue weighted by molar-refractivity contribution is 0.0937. The third kappa shape index (κ3) is 4.32. The van der Waals surface area contributed by atoms with Gasteiger partial charge in [-0.15, -0.1) is 0 Å². The van der Waals surface area contributed by atoms with Gasteiger partial charge in [0.25, 0.3) is 5.91 Å². The number of nitrogens with zero attached hydrogens (tertiary/aromatic N) is 2. The first-order valence-corrected chi connectivity index (χ1v) is 7.49. The van der Waals surface area contributed by atoms with Crippen molar-refractivity contribution in [2.45, 2.75) is 26.8 Å². The van der Waals surface area contributed by atoms with Gasteiger partial charge in [0.2, 0.25) is 0 Å². The highest BCUT2D eigenvalue weighted by Crippen LogP contribution is 2.26. The molecule has 5 nitrogen and oxygen atoms in total. The molecular formula is C15H16Cl2N4O. The van der Waals surface area contributed by atoms with E-state index in [0.29, 0.717) is 27.4 Å². The maximum absolute atomic E-state index is 12.0. The van der Waals surface area contributed by atoms with Gasteiger partial charge in [0.1, 0.15) is 17.3 Å². The molecule has 0 unspecified atom stereocenters. The number of hydrogen-bond acceptors (Lipinski definition) is 4. The normalized spacial score (nSPS) is 10.6. The van der Waals surface area contributed by atoms with Crippen LogP contribution in [0.15, 0.2) is 24.3 Å². The number of aryl methyl sites for hydroxylation is 1. The number of rotatable bonds is 4. The molecule has 116 valence electrons. The van der Waals surface area contributed by atoms with E-state index in [0.717, 1.165) is 5.69 Å². The van der Waals surface area contributed by atoms with Crippen LogP contribution in [-0.4, -0.2) is 21.9 Å². The van der Waals surface area contributed by atoms with Crippen LogP contribution < -0.4 is 10.6 Å². The third-order valence-corrected chi connectivity index (χ3v) is 3.42. The molecule has 1 heterocycles. The van der Waals surface area contributed by atoms with E-state index in [-0.39, 0.29) is 11.9 Å². The molecule has 1 aromatic heterocycles. The van der Waals surface area contributed by atoms with Crippen molar-refractivity contribution < 1.29 is 4.79 Å². The van der Waals surface area contributed by atoms with Gasteiger partial charge in [-0.3, -0.25) is 4.79 Å². The Kier molecular flexibility index (Phi) is 5.21. The fourth-order valence-electron chi connectivity index (χ4n) is 1.81. The van der Waals surface area contributed by atoms with Crippen LogP contribution >= 0.6 is 23.2 Å². The predicted molar refractivity (Wildman–Crippen MR) is 89.1 cm³/mol. The van der Waals surface area contributed by atoms with Crippen molar-refractivity contribution in [3.8, 4) is 0 Å². The zero-order valence-electron chi connectivity index (χ0n) is 12.4. The fraction of sp³-hybridized carbons (Fsp3) is 0.267. The lowest BCUT2D eigenvalue weighted by atomic mass is 10.3. The Morgan fingerprint density at radius 3 is 2.50 bits per heavy atom. The molecule has 22 heavy (non-hydrogen) atoms. The van der Waals surface area contributed by atoms with E-state index in [2.05, 4.69) is 20.6 Å². The second-order valence-electron chi connectivity index (χ2n) is 5.07.